The lowest BCUT2D eigenvalue weighted by Crippen LogP contribution is -2.81. The number of likely N-dealkylation sites (tertiary alicyclic amines) is 1. The molecule has 1 unspecified atom stereocenters. The number of hydrogen-bond donors (Lipinski definition) is 1. The van der Waals surface area contributed by atoms with Gasteiger partial charge in [0.05, 0.1) is 36.3 Å². The molecule has 3 amide bonds. The maximum atomic E-state index is 13.7. The van der Waals surface area contributed by atoms with E-state index in [0.717, 1.165) is 17.0 Å². The van der Waals surface area contributed by atoms with E-state index >= 15 is 0 Å². The molecule has 182 valence electrons. The van der Waals surface area contributed by atoms with E-state index in [1.54, 1.807) is 31.2 Å². The van der Waals surface area contributed by atoms with Crippen molar-refractivity contribution in [1.29, 1.82) is 5.26 Å². The number of piperazine rings is 1. The zero-order valence-electron chi connectivity index (χ0n) is 18.6. The second-order valence-electron chi connectivity index (χ2n) is 8.69. The van der Waals surface area contributed by atoms with Crippen molar-refractivity contribution in [3.63, 3.8) is 0 Å². The summed E-state index contributed by atoms with van der Waals surface area (Å²) >= 11 is 0. The second kappa shape index (κ2) is 8.61. The summed E-state index contributed by atoms with van der Waals surface area (Å²) in [4.78, 5) is 42.1. The van der Waals surface area contributed by atoms with Crippen molar-refractivity contribution >= 4 is 17.9 Å². The number of nitriles is 1. The van der Waals surface area contributed by atoms with Crippen LogP contribution in [0.3, 0.4) is 0 Å². The van der Waals surface area contributed by atoms with Gasteiger partial charge in [0.2, 0.25) is 5.91 Å². The van der Waals surface area contributed by atoms with Crippen molar-refractivity contribution < 1.29 is 32.7 Å². The Kier molecular flexibility index (Phi) is 5.92. The Bertz CT molecular complexity index is 1200. The monoisotopic (exact) mass is 486 g/mol. The molecule has 2 fully saturated rings. The molecular weight excluding hydrogens is 465 g/mol. The molecule has 2 aliphatic rings. The Morgan fingerprint density at radius 2 is 1.71 bits per heavy atom. The molecule has 8 nitrogen and oxygen atoms in total. The number of alkyl halides is 3. The number of benzene rings is 2. The summed E-state index contributed by atoms with van der Waals surface area (Å²) in [6, 6.07) is 12.4. The second-order valence-corrected chi connectivity index (χ2v) is 8.69. The maximum Gasteiger partial charge on any atom is 0.416 e. The summed E-state index contributed by atoms with van der Waals surface area (Å²) in [6.07, 6.45) is -5.74. The van der Waals surface area contributed by atoms with Crippen LogP contribution < -0.4 is 0 Å². The number of amides is 3. The third-order valence-electron chi connectivity index (χ3n) is 6.57. The quantitative estimate of drug-likeness (QED) is 0.715. The van der Waals surface area contributed by atoms with Gasteiger partial charge in [-0.2, -0.15) is 18.4 Å². The predicted octanol–water partition coefficient (Wildman–Crippen LogP) is 3.24. The molecule has 2 aliphatic heterocycles. The Morgan fingerprint density at radius 1 is 1.11 bits per heavy atom. The third kappa shape index (κ3) is 4.27. The summed E-state index contributed by atoms with van der Waals surface area (Å²) in [7, 11) is 0. The Labute approximate surface area is 198 Å². The lowest BCUT2D eigenvalue weighted by Gasteiger charge is -2.58. The number of rotatable bonds is 4. The molecule has 0 saturated carbocycles. The molecular formula is C24H21F3N4O4. The highest BCUT2D eigenvalue weighted by atomic mass is 19.4. The van der Waals surface area contributed by atoms with Gasteiger partial charge in [-0.3, -0.25) is 9.59 Å². The normalized spacial score (nSPS) is 18.3. The van der Waals surface area contributed by atoms with E-state index in [-0.39, 0.29) is 26.2 Å². The van der Waals surface area contributed by atoms with Crippen molar-refractivity contribution in [2.75, 3.05) is 19.6 Å². The molecule has 0 aromatic heterocycles. The first-order valence-corrected chi connectivity index (χ1v) is 10.7. The number of halogens is 3. The van der Waals surface area contributed by atoms with E-state index in [2.05, 4.69) is 0 Å². The SMILES string of the molecule is CC(c1ccc(C#N)cc1)N1CC(=O)N(Cc2ccc(C(F)(F)F)cc2)C2(CN(C(=O)O)C2)C1=O. The van der Waals surface area contributed by atoms with Crippen LogP contribution in [0.25, 0.3) is 0 Å². The van der Waals surface area contributed by atoms with Gasteiger partial charge in [0.1, 0.15) is 6.54 Å². The topological polar surface area (TPSA) is 105 Å². The first kappa shape index (κ1) is 24.1. The average molecular weight is 486 g/mol. The molecule has 1 atom stereocenters. The molecule has 1 spiro atoms. The largest absolute Gasteiger partial charge is 0.465 e. The number of hydrogen-bond acceptors (Lipinski definition) is 4. The van der Waals surface area contributed by atoms with Crippen LogP contribution in [0.2, 0.25) is 0 Å². The van der Waals surface area contributed by atoms with Crippen molar-refractivity contribution in [3.8, 4) is 6.07 Å². The predicted molar refractivity (Wildman–Crippen MR) is 116 cm³/mol. The third-order valence-corrected chi connectivity index (χ3v) is 6.57. The number of carbonyl (C=O) groups is 3. The summed E-state index contributed by atoms with van der Waals surface area (Å²) in [5, 5.41) is 18.4. The molecule has 2 aromatic carbocycles. The van der Waals surface area contributed by atoms with Gasteiger partial charge < -0.3 is 19.8 Å². The molecule has 11 heteroatoms. The van der Waals surface area contributed by atoms with E-state index in [1.165, 1.54) is 21.9 Å². The highest BCUT2D eigenvalue weighted by molar-refractivity contribution is 6.00. The van der Waals surface area contributed by atoms with Crippen LogP contribution in [0.1, 0.15) is 35.2 Å². The Balaban J connectivity index is 1.62. The van der Waals surface area contributed by atoms with Gasteiger partial charge in [-0.25, -0.2) is 4.79 Å². The van der Waals surface area contributed by atoms with Gasteiger partial charge >= 0.3 is 12.3 Å². The highest BCUT2D eigenvalue weighted by Crippen LogP contribution is 2.38. The fourth-order valence-electron chi connectivity index (χ4n) is 4.50. The highest BCUT2D eigenvalue weighted by Gasteiger charge is 2.61. The molecule has 35 heavy (non-hydrogen) atoms. The molecule has 2 saturated heterocycles. The maximum absolute atomic E-state index is 13.7. The molecule has 1 N–H and O–H groups in total. The van der Waals surface area contributed by atoms with E-state index < -0.39 is 41.2 Å². The van der Waals surface area contributed by atoms with E-state index in [9.17, 15) is 32.7 Å². The van der Waals surface area contributed by atoms with E-state index in [1.807, 2.05) is 6.07 Å². The van der Waals surface area contributed by atoms with E-state index in [0.29, 0.717) is 16.7 Å². The van der Waals surface area contributed by atoms with Gasteiger partial charge in [-0.1, -0.05) is 24.3 Å². The zero-order valence-corrected chi connectivity index (χ0v) is 18.6. The number of carboxylic acid groups (broad SMARTS) is 1. The molecule has 0 radical (unpaired) electrons. The minimum absolute atomic E-state index is 0.130. The summed E-state index contributed by atoms with van der Waals surface area (Å²) in [5.41, 5.74) is -0.749. The lowest BCUT2D eigenvalue weighted by molar-refractivity contribution is -0.179. The van der Waals surface area contributed by atoms with Gasteiger partial charge in [0.15, 0.2) is 5.54 Å². The Morgan fingerprint density at radius 3 is 2.23 bits per heavy atom. The fourth-order valence-corrected chi connectivity index (χ4v) is 4.50. The first-order chi connectivity index (χ1) is 16.5. The van der Waals surface area contributed by atoms with Crippen LogP contribution in [0.4, 0.5) is 18.0 Å². The van der Waals surface area contributed by atoms with Crippen molar-refractivity contribution in [1.82, 2.24) is 14.7 Å². The van der Waals surface area contributed by atoms with Crippen LogP contribution in [0.15, 0.2) is 48.5 Å². The molecule has 0 bridgehead atoms. The zero-order chi connectivity index (χ0) is 25.5. The number of nitrogens with zero attached hydrogens (tertiary/aromatic N) is 4. The fraction of sp³-hybridized carbons (Fsp3) is 0.333. The van der Waals surface area contributed by atoms with Crippen LogP contribution in [0, 0.1) is 11.3 Å². The summed E-state index contributed by atoms with van der Waals surface area (Å²) in [5.74, 6) is -0.867. The van der Waals surface area contributed by atoms with Crippen LogP contribution >= 0.6 is 0 Å². The van der Waals surface area contributed by atoms with Crippen molar-refractivity contribution in [2.45, 2.75) is 31.2 Å². The molecule has 2 heterocycles. The number of carbonyl (C=O) groups excluding carboxylic acids is 2. The Hall–Kier alpha value is -4.07. The van der Waals surface area contributed by atoms with Crippen LogP contribution in [0.5, 0.6) is 0 Å². The van der Waals surface area contributed by atoms with Crippen molar-refractivity contribution in [3.05, 3.63) is 70.8 Å². The summed E-state index contributed by atoms with van der Waals surface area (Å²) < 4.78 is 38.7. The minimum atomic E-state index is -4.51. The van der Waals surface area contributed by atoms with Gasteiger partial charge in [-0.05, 0) is 42.3 Å². The lowest BCUT2D eigenvalue weighted by atomic mass is 9.82. The van der Waals surface area contributed by atoms with Crippen LogP contribution in [-0.4, -0.2) is 62.9 Å². The van der Waals surface area contributed by atoms with E-state index in [4.69, 9.17) is 5.26 Å². The van der Waals surface area contributed by atoms with Gasteiger partial charge in [0.25, 0.3) is 5.91 Å². The van der Waals surface area contributed by atoms with Crippen molar-refractivity contribution in [2.24, 2.45) is 0 Å². The molecule has 2 aromatic rings. The van der Waals surface area contributed by atoms with Gasteiger partial charge in [-0.15, -0.1) is 0 Å². The standard InChI is InChI=1S/C24H21F3N4O4/c1-15(18-6-2-16(10-28)3-7-18)30-12-20(32)31(23(21(30)33)13-29(14-23)22(34)35)11-17-4-8-19(9-5-17)24(25,26)27/h2-9,15H,11-14H2,1H3,(H,34,35). The minimum Gasteiger partial charge on any atom is -0.465 e. The smallest absolute Gasteiger partial charge is 0.416 e. The molecule has 0 aliphatic carbocycles. The van der Waals surface area contributed by atoms with Gasteiger partial charge in [0, 0.05) is 6.54 Å². The summed E-state index contributed by atoms with van der Waals surface area (Å²) in [6.45, 7) is 0.873. The average Bonchev–Trinajstić information content (AvgIpc) is 2.79. The van der Waals surface area contributed by atoms with Crippen LogP contribution in [-0.2, 0) is 22.3 Å². The molecule has 4 rings (SSSR count). The first-order valence-electron chi connectivity index (χ1n) is 10.7.